The number of ether oxygens (including phenoxy) is 1. The normalized spacial score (nSPS) is 12.0. The van der Waals surface area contributed by atoms with Crippen LogP contribution >= 0.6 is 0 Å². The first-order valence-electron chi connectivity index (χ1n) is 7.14. The lowest BCUT2D eigenvalue weighted by atomic mass is 10.1. The number of halogens is 1. The molecule has 0 amide bonds. The minimum atomic E-state index is -0.502. The third-order valence-corrected chi connectivity index (χ3v) is 3.27. The van der Waals surface area contributed by atoms with E-state index in [1.807, 2.05) is 32.9 Å². The van der Waals surface area contributed by atoms with E-state index in [-0.39, 0.29) is 18.2 Å². The van der Waals surface area contributed by atoms with Crippen molar-refractivity contribution in [3.63, 3.8) is 0 Å². The van der Waals surface area contributed by atoms with Gasteiger partial charge >= 0.3 is 5.97 Å². The van der Waals surface area contributed by atoms with Gasteiger partial charge in [0.25, 0.3) is 0 Å². The molecule has 2 aromatic carbocycles. The summed E-state index contributed by atoms with van der Waals surface area (Å²) in [7, 11) is 0. The van der Waals surface area contributed by atoms with Gasteiger partial charge in [-0.2, -0.15) is 0 Å². The van der Waals surface area contributed by atoms with Gasteiger partial charge in [0, 0.05) is 10.8 Å². The van der Waals surface area contributed by atoms with Crippen LogP contribution in [0.1, 0.15) is 26.3 Å². The summed E-state index contributed by atoms with van der Waals surface area (Å²) in [4.78, 5) is 11.9. The van der Waals surface area contributed by atoms with Crippen molar-refractivity contribution < 1.29 is 18.3 Å². The van der Waals surface area contributed by atoms with Crippen LogP contribution in [0.15, 0.2) is 40.8 Å². The maximum atomic E-state index is 13.3. The number of benzene rings is 2. The molecular weight excluding hydrogens is 283 g/mol. The Balaban J connectivity index is 1.93. The molecule has 1 heterocycles. The Kier molecular flexibility index (Phi) is 3.39. The Morgan fingerprint density at radius 2 is 1.86 bits per heavy atom. The van der Waals surface area contributed by atoms with Crippen molar-refractivity contribution in [2.75, 3.05) is 0 Å². The molecule has 0 aliphatic carbocycles. The number of fused-ring (bicyclic) bond motifs is 3. The second-order valence-corrected chi connectivity index (χ2v) is 6.34. The molecule has 0 atom stereocenters. The van der Waals surface area contributed by atoms with Gasteiger partial charge in [0.1, 0.15) is 22.6 Å². The van der Waals surface area contributed by atoms with E-state index >= 15 is 0 Å². The summed E-state index contributed by atoms with van der Waals surface area (Å²) in [5.41, 5.74) is 1.58. The first kappa shape index (κ1) is 14.6. The van der Waals surface area contributed by atoms with E-state index in [1.165, 1.54) is 12.1 Å². The molecule has 3 nitrogen and oxygen atoms in total. The number of hydrogen-bond acceptors (Lipinski definition) is 3. The predicted octanol–water partition coefficient (Wildman–Crippen LogP) is 4.61. The minimum Gasteiger partial charge on any atom is -0.460 e. The highest BCUT2D eigenvalue weighted by molar-refractivity contribution is 6.05. The van der Waals surface area contributed by atoms with Crippen molar-refractivity contribution in [3.8, 4) is 0 Å². The lowest BCUT2D eigenvalue weighted by Gasteiger charge is -2.19. The zero-order valence-corrected chi connectivity index (χ0v) is 12.8. The quantitative estimate of drug-likeness (QED) is 0.649. The molecule has 0 saturated carbocycles. The van der Waals surface area contributed by atoms with Gasteiger partial charge in [0.15, 0.2) is 0 Å². The molecule has 0 spiro atoms. The van der Waals surface area contributed by atoms with Crippen LogP contribution in [0.2, 0.25) is 0 Å². The van der Waals surface area contributed by atoms with Crippen LogP contribution in [0.3, 0.4) is 0 Å². The highest BCUT2D eigenvalue weighted by atomic mass is 19.1. The predicted molar refractivity (Wildman–Crippen MR) is 83.2 cm³/mol. The molecule has 0 unspecified atom stereocenters. The average Bonchev–Trinajstić information content (AvgIpc) is 2.73. The Hall–Kier alpha value is -2.36. The molecule has 114 valence electrons. The molecule has 0 aliphatic heterocycles. The molecule has 22 heavy (non-hydrogen) atoms. The Labute approximate surface area is 127 Å². The van der Waals surface area contributed by atoms with E-state index < -0.39 is 5.60 Å². The van der Waals surface area contributed by atoms with Crippen LogP contribution in [-0.2, 0) is 16.0 Å². The van der Waals surface area contributed by atoms with E-state index in [4.69, 9.17) is 9.15 Å². The van der Waals surface area contributed by atoms with Crippen molar-refractivity contribution in [1.29, 1.82) is 0 Å². The molecule has 3 rings (SSSR count). The number of esters is 1. The first-order valence-corrected chi connectivity index (χ1v) is 7.14. The molecule has 0 fully saturated rings. The first-order chi connectivity index (χ1) is 10.3. The second kappa shape index (κ2) is 5.13. The summed E-state index contributed by atoms with van der Waals surface area (Å²) in [5, 5.41) is 1.57. The molecule has 4 heteroatoms. The van der Waals surface area contributed by atoms with Gasteiger partial charge in [0.05, 0.1) is 6.42 Å². The summed E-state index contributed by atoms with van der Waals surface area (Å²) in [6, 6.07) is 9.92. The number of carbonyl (C=O) groups excluding carboxylic acids is 1. The fraction of sp³-hybridized carbons (Fsp3) is 0.278. The standard InChI is InChI=1S/C18H17FO3/c1-18(2,3)22-17(20)9-11-4-6-13-14-10-12(19)5-7-15(14)21-16(13)8-11/h4-8,10H,9H2,1-3H3. The number of carbonyl (C=O) groups is 1. The van der Waals surface area contributed by atoms with Crippen LogP contribution < -0.4 is 0 Å². The zero-order chi connectivity index (χ0) is 15.9. The Bertz CT molecular complexity index is 856. The van der Waals surface area contributed by atoms with Crippen LogP contribution in [0.4, 0.5) is 4.39 Å². The fourth-order valence-electron chi connectivity index (χ4n) is 2.45. The van der Waals surface area contributed by atoms with Crippen molar-refractivity contribution in [3.05, 3.63) is 47.8 Å². The Morgan fingerprint density at radius 1 is 1.09 bits per heavy atom. The van der Waals surface area contributed by atoms with Crippen molar-refractivity contribution in [2.45, 2.75) is 32.8 Å². The summed E-state index contributed by atoms with van der Waals surface area (Å²) in [6.45, 7) is 5.51. The summed E-state index contributed by atoms with van der Waals surface area (Å²) in [6.07, 6.45) is 0.179. The van der Waals surface area contributed by atoms with Crippen molar-refractivity contribution >= 4 is 27.9 Å². The highest BCUT2D eigenvalue weighted by Gasteiger charge is 2.17. The van der Waals surface area contributed by atoms with E-state index in [0.29, 0.717) is 11.2 Å². The molecular formula is C18H17FO3. The van der Waals surface area contributed by atoms with Gasteiger partial charge in [-0.15, -0.1) is 0 Å². The number of rotatable bonds is 2. The summed E-state index contributed by atoms with van der Waals surface area (Å²) < 4.78 is 24.4. The maximum Gasteiger partial charge on any atom is 0.310 e. The second-order valence-electron chi connectivity index (χ2n) is 6.34. The largest absolute Gasteiger partial charge is 0.460 e. The van der Waals surface area contributed by atoms with E-state index in [0.717, 1.165) is 16.3 Å². The molecule has 0 saturated heterocycles. The van der Waals surface area contributed by atoms with Crippen LogP contribution in [0, 0.1) is 5.82 Å². The zero-order valence-electron chi connectivity index (χ0n) is 12.8. The molecule has 0 aliphatic rings. The van der Waals surface area contributed by atoms with Gasteiger partial charge in [-0.05, 0) is 50.6 Å². The third kappa shape index (κ3) is 2.96. The molecule has 1 aromatic heterocycles. The van der Waals surface area contributed by atoms with Crippen LogP contribution in [0.5, 0.6) is 0 Å². The molecule has 0 radical (unpaired) electrons. The number of hydrogen-bond donors (Lipinski definition) is 0. The maximum absolute atomic E-state index is 13.3. The molecule has 0 bridgehead atoms. The topological polar surface area (TPSA) is 39.4 Å². The van der Waals surface area contributed by atoms with Crippen molar-refractivity contribution in [2.24, 2.45) is 0 Å². The summed E-state index contributed by atoms with van der Waals surface area (Å²) in [5.74, 6) is -0.581. The van der Waals surface area contributed by atoms with E-state index in [2.05, 4.69) is 0 Å². The number of furan rings is 1. The van der Waals surface area contributed by atoms with Gasteiger partial charge in [-0.1, -0.05) is 12.1 Å². The van der Waals surface area contributed by atoms with Crippen LogP contribution in [-0.4, -0.2) is 11.6 Å². The highest BCUT2D eigenvalue weighted by Crippen LogP contribution is 2.30. The lowest BCUT2D eigenvalue weighted by Crippen LogP contribution is -2.24. The molecule has 3 aromatic rings. The summed E-state index contributed by atoms with van der Waals surface area (Å²) >= 11 is 0. The van der Waals surface area contributed by atoms with Gasteiger partial charge in [-0.3, -0.25) is 4.79 Å². The smallest absolute Gasteiger partial charge is 0.310 e. The lowest BCUT2D eigenvalue weighted by molar-refractivity contribution is -0.153. The van der Waals surface area contributed by atoms with E-state index in [1.54, 1.807) is 12.1 Å². The monoisotopic (exact) mass is 300 g/mol. The molecule has 0 N–H and O–H groups in total. The average molecular weight is 300 g/mol. The van der Waals surface area contributed by atoms with Crippen molar-refractivity contribution in [1.82, 2.24) is 0 Å². The minimum absolute atomic E-state index is 0.179. The van der Waals surface area contributed by atoms with Crippen LogP contribution in [0.25, 0.3) is 21.9 Å². The Morgan fingerprint density at radius 3 is 2.59 bits per heavy atom. The van der Waals surface area contributed by atoms with Gasteiger partial charge < -0.3 is 9.15 Å². The van der Waals surface area contributed by atoms with Gasteiger partial charge in [0.2, 0.25) is 0 Å². The van der Waals surface area contributed by atoms with E-state index in [9.17, 15) is 9.18 Å². The SMILES string of the molecule is CC(C)(C)OC(=O)Cc1ccc2c(c1)oc1ccc(F)cc12. The van der Waals surface area contributed by atoms with Gasteiger partial charge in [-0.25, -0.2) is 4.39 Å². The third-order valence-electron chi connectivity index (χ3n) is 3.27. The fourth-order valence-corrected chi connectivity index (χ4v) is 2.45.